The Bertz CT molecular complexity index is 966. The molecule has 164 valence electrons. The van der Waals surface area contributed by atoms with E-state index in [1.165, 1.54) is 17.1 Å². The summed E-state index contributed by atoms with van der Waals surface area (Å²) < 4.78 is 5.52. The number of anilines is 2. The molecule has 0 unspecified atom stereocenters. The van der Waals surface area contributed by atoms with Gasteiger partial charge in [-0.05, 0) is 61.7 Å². The maximum Gasteiger partial charge on any atom is 0.129 e. The van der Waals surface area contributed by atoms with E-state index < -0.39 is 0 Å². The number of halogens is 1. The van der Waals surface area contributed by atoms with Crippen LogP contribution in [0.5, 0.6) is 0 Å². The van der Waals surface area contributed by atoms with E-state index in [9.17, 15) is 0 Å². The lowest BCUT2D eigenvalue weighted by Crippen LogP contribution is -2.52. The van der Waals surface area contributed by atoms with Crippen molar-refractivity contribution < 1.29 is 4.74 Å². The fourth-order valence-electron chi connectivity index (χ4n) is 5.18. The second-order valence-corrected chi connectivity index (χ2v) is 9.24. The van der Waals surface area contributed by atoms with Crippen LogP contribution in [-0.4, -0.2) is 57.3 Å². The summed E-state index contributed by atoms with van der Waals surface area (Å²) in [5.74, 6) is 2.25. The normalized spacial score (nSPS) is 22.1. The first-order valence-electron chi connectivity index (χ1n) is 11.2. The zero-order valence-corrected chi connectivity index (χ0v) is 18.9. The van der Waals surface area contributed by atoms with E-state index in [2.05, 4.69) is 34.3 Å². The van der Waals surface area contributed by atoms with Gasteiger partial charge in [0.25, 0.3) is 0 Å². The van der Waals surface area contributed by atoms with Crippen LogP contribution in [-0.2, 0) is 17.7 Å². The first-order chi connectivity index (χ1) is 15.1. The van der Waals surface area contributed by atoms with Crippen molar-refractivity contribution in [1.82, 2.24) is 10.3 Å². The van der Waals surface area contributed by atoms with Crippen LogP contribution in [0.25, 0.3) is 0 Å². The number of nitrogens with zero attached hydrogens (tertiary/aromatic N) is 4. The number of benzene rings is 1. The Morgan fingerprint density at radius 1 is 1.19 bits per heavy atom. The number of hydrogen-bond acceptors (Lipinski definition) is 5. The number of aromatic nitrogens is 1. The highest BCUT2D eigenvalue weighted by atomic mass is 35.5. The first-order valence-corrected chi connectivity index (χ1v) is 11.6. The minimum absolute atomic E-state index is 0.0647. The number of amidine groups is 1. The van der Waals surface area contributed by atoms with Crippen LogP contribution in [0.3, 0.4) is 0 Å². The molecule has 1 aromatic heterocycles. The molecule has 0 amide bonds. The zero-order valence-electron chi connectivity index (χ0n) is 18.1. The summed E-state index contributed by atoms with van der Waals surface area (Å²) in [6.07, 6.45) is 5.24. The van der Waals surface area contributed by atoms with Gasteiger partial charge >= 0.3 is 0 Å². The smallest absolute Gasteiger partial charge is 0.129 e. The van der Waals surface area contributed by atoms with E-state index >= 15 is 0 Å². The number of hydrogen-bond donors (Lipinski definition) is 1. The second-order valence-electron chi connectivity index (χ2n) is 8.81. The van der Waals surface area contributed by atoms with Gasteiger partial charge in [0.2, 0.25) is 0 Å². The molecule has 0 aliphatic carbocycles. The molecule has 0 atom stereocenters. The average molecular weight is 440 g/mol. The molecule has 2 saturated heterocycles. The molecule has 0 radical (unpaired) electrons. The summed E-state index contributed by atoms with van der Waals surface area (Å²) in [5, 5.41) is 4.30. The standard InChI is InChI=1S/C24H30ClN5O/c1-29-21-17-27-22(30-9-11-31-12-10-30)14-19(21)15-24(5-7-26-8-6-24)23(29)28-16-18-3-2-4-20(25)13-18/h2-4,13-14,17,26H,5-12,15-16H2,1H3. The second kappa shape index (κ2) is 8.77. The fraction of sp³-hybridized carbons (Fsp3) is 0.500. The van der Waals surface area contributed by atoms with Gasteiger partial charge < -0.3 is 19.9 Å². The zero-order chi connectivity index (χ0) is 21.3. The van der Waals surface area contributed by atoms with E-state index in [1.54, 1.807) is 0 Å². The largest absolute Gasteiger partial charge is 0.378 e. The topological polar surface area (TPSA) is 53.0 Å². The van der Waals surface area contributed by atoms with Crippen LogP contribution in [0.1, 0.15) is 24.0 Å². The number of piperidine rings is 1. The molecule has 1 N–H and O–H groups in total. The summed E-state index contributed by atoms with van der Waals surface area (Å²) in [4.78, 5) is 14.6. The summed E-state index contributed by atoms with van der Waals surface area (Å²) in [6.45, 7) is 6.06. The van der Waals surface area contributed by atoms with Crippen molar-refractivity contribution in [2.45, 2.75) is 25.8 Å². The molecule has 4 heterocycles. The van der Waals surface area contributed by atoms with Gasteiger partial charge in [-0.25, -0.2) is 4.98 Å². The molecular formula is C24H30ClN5O. The third kappa shape index (κ3) is 4.16. The Morgan fingerprint density at radius 2 is 2.00 bits per heavy atom. The van der Waals surface area contributed by atoms with Crippen molar-refractivity contribution in [3.63, 3.8) is 0 Å². The molecule has 7 heteroatoms. The molecule has 0 saturated carbocycles. The van der Waals surface area contributed by atoms with Gasteiger partial charge in [0.15, 0.2) is 0 Å². The number of ether oxygens (including phenoxy) is 1. The Labute approximate surface area is 189 Å². The number of pyridine rings is 1. The number of fused-ring (bicyclic) bond motifs is 1. The lowest BCUT2D eigenvalue weighted by atomic mass is 9.70. The quantitative estimate of drug-likeness (QED) is 0.792. The lowest BCUT2D eigenvalue weighted by molar-refractivity contribution is 0.122. The molecule has 2 aromatic rings. The number of rotatable bonds is 3. The highest BCUT2D eigenvalue weighted by Gasteiger charge is 2.43. The van der Waals surface area contributed by atoms with E-state index in [0.717, 1.165) is 75.1 Å². The minimum atomic E-state index is 0.0647. The summed E-state index contributed by atoms with van der Waals surface area (Å²) in [5.41, 5.74) is 3.76. The van der Waals surface area contributed by atoms with Crippen LogP contribution in [0.4, 0.5) is 11.5 Å². The fourth-order valence-corrected chi connectivity index (χ4v) is 5.39. The lowest BCUT2D eigenvalue weighted by Gasteiger charge is -2.46. The minimum Gasteiger partial charge on any atom is -0.378 e. The van der Waals surface area contributed by atoms with Crippen molar-refractivity contribution >= 4 is 28.9 Å². The Kier molecular flexibility index (Phi) is 5.87. The predicted molar refractivity (Wildman–Crippen MR) is 127 cm³/mol. The molecule has 6 nitrogen and oxygen atoms in total. The molecule has 5 rings (SSSR count). The van der Waals surface area contributed by atoms with Gasteiger partial charge in [0.05, 0.1) is 31.6 Å². The van der Waals surface area contributed by atoms with Crippen LogP contribution in [0.15, 0.2) is 41.5 Å². The van der Waals surface area contributed by atoms with Crippen molar-refractivity contribution in [2.75, 3.05) is 56.2 Å². The van der Waals surface area contributed by atoms with Gasteiger partial charge in [-0.3, -0.25) is 4.99 Å². The third-order valence-corrected chi connectivity index (χ3v) is 7.06. The van der Waals surface area contributed by atoms with Crippen molar-refractivity contribution in [1.29, 1.82) is 0 Å². The molecule has 0 bridgehead atoms. The van der Waals surface area contributed by atoms with E-state index in [1.807, 2.05) is 24.4 Å². The number of aliphatic imine (C=N–C) groups is 1. The summed E-state index contributed by atoms with van der Waals surface area (Å²) in [6, 6.07) is 10.3. The van der Waals surface area contributed by atoms with Crippen LogP contribution in [0, 0.1) is 5.41 Å². The van der Waals surface area contributed by atoms with Gasteiger partial charge in [0, 0.05) is 30.6 Å². The Hall–Kier alpha value is -2.15. The van der Waals surface area contributed by atoms with E-state index in [0.29, 0.717) is 6.54 Å². The SMILES string of the molecule is CN1C(=NCc2cccc(Cl)c2)C2(CCNCC2)Cc2cc(N3CCOCC3)ncc21. The average Bonchev–Trinajstić information content (AvgIpc) is 2.80. The molecule has 2 fully saturated rings. The van der Waals surface area contributed by atoms with Gasteiger partial charge in [0.1, 0.15) is 11.7 Å². The van der Waals surface area contributed by atoms with Gasteiger partial charge in [-0.15, -0.1) is 0 Å². The van der Waals surface area contributed by atoms with E-state index in [4.69, 9.17) is 26.3 Å². The Balaban J connectivity index is 1.49. The van der Waals surface area contributed by atoms with Crippen molar-refractivity contribution in [3.8, 4) is 0 Å². The summed E-state index contributed by atoms with van der Waals surface area (Å²) >= 11 is 6.20. The monoisotopic (exact) mass is 439 g/mol. The molecule has 1 aromatic carbocycles. The highest BCUT2D eigenvalue weighted by Crippen LogP contribution is 2.44. The maximum atomic E-state index is 6.20. The van der Waals surface area contributed by atoms with Crippen LogP contribution < -0.4 is 15.1 Å². The molecule has 3 aliphatic heterocycles. The van der Waals surface area contributed by atoms with Crippen LogP contribution in [0.2, 0.25) is 5.02 Å². The van der Waals surface area contributed by atoms with E-state index in [-0.39, 0.29) is 5.41 Å². The predicted octanol–water partition coefficient (Wildman–Crippen LogP) is 3.53. The first kappa shape index (κ1) is 20.7. The molecule has 3 aliphatic rings. The van der Waals surface area contributed by atoms with Gasteiger partial charge in [-0.1, -0.05) is 23.7 Å². The van der Waals surface area contributed by atoms with Gasteiger partial charge in [-0.2, -0.15) is 0 Å². The molecular weight excluding hydrogens is 410 g/mol. The molecule has 31 heavy (non-hydrogen) atoms. The third-order valence-electron chi connectivity index (χ3n) is 6.83. The van der Waals surface area contributed by atoms with Crippen LogP contribution >= 0.6 is 11.6 Å². The molecule has 1 spiro atoms. The number of nitrogens with one attached hydrogen (secondary N) is 1. The number of morpholine rings is 1. The summed E-state index contributed by atoms with van der Waals surface area (Å²) in [7, 11) is 2.15. The maximum absolute atomic E-state index is 6.20. The highest BCUT2D eigenvalue weighted by molar-refractivity contribution is 6.30. The van der Waals surface area contributed by atoms with Crippen molar-refractivity contribution in [2.24, 2.45) is 10.4 Å². The Morgan fingerprint density at radius 3 is 2.77 bits per heavy atom. The van der Waals surface area contributed by atoms with Crippen molar-refractivity contribution in [3.05, 3.63) is 52.7 Å².